The highest BCUT2D eigenvalue weighted by Crippen LogP contribution is 2.40. The number of rotatable bonds is 2. The van der Waals surface area contributed by atoms with Gasteiger partial charge >= 0.3 is 0 Å². The topological polar surface area (TPSA) is 66.4 Å². The number of aromatic nitrogens is 2. The highest BCUT2D eigenvalue weighted by atomic mass is 32.2. The van der Waals surface area contributed by atoms with Gasteiger partial charge in [-0.2, -0.15) is 0 Å². The van der Waals surface area contributed by atoms with Gasteiger partial charge in [0.2, 0.25) is 10.0 Å². The van der Waals surface area contributed by atoms with Crippen molar-refractivity contribution in [1.82, 2.24) is 14.3 Å². The molecule has 0 atom stereocenters. The van der Waals surface area contributed by atoms with Crippen LogP contribution in [0.3, 0.4) is 0 Å². The van der Waals surface area contributed by atoms with Crippen molar-refractivity contribution in [3.05, 3.63) is 16.3 Å². The van der Waals surface area contributed by atoms with Gasteiger partial charge in [0.1, 0.15) is 16.5 Å². The van der Waals surface area contributed by atoms with E-state index < -0.39 is 10.0 Å². The smallest absolute Gasteiger partial charge is 0.211 e. The molecule has 6 nitrogen and oxygen atoms in total. The van der Waals surface area contributed by atoms with Crippen LogP contribution in [0, 0.1) is 6.92 Å². The molecule has 0 saturated carbocycles. The van der Waals surface area contributed by atoms with E-state index in [2.05, 4.69) is 9.88 Å². The number of thiophene rings is 1. The van der Waals surface area contributed by atoms with Gasteiger partial charge in [0.05, 0.1) is 11.6 Å². The summed E-state index contributed by atoms with van der Waals surface area (Å²) in [5.74, 6) is 1.80. The van der Waals surface area contributed by atoms with Crippen LogP contribution in [0.4, 0.5) is 5.82 Å². The van der Waals surface area contributed by atoms with Crippen molar-refractivity contribution in [2.75, 3.05) is 37.3 Å². The number of anilines is 1. The zero-order valence-corrected chi connectivity index (χ0v) is 15.7. The van der Waals surface area contributed by atoms with Crippen LogP contribution < -0.4 is 4.90 Å². The van der Waals surface area contributed by atoms with Crippen LogP contribution in [0.25, 0.3) is 10.2 Å². The Bertz CT molecular complexity index is 891. The predicted octanol–water partition coefficient (Wildman–Crippen LogP) is 1.96. The van der Waals surface area contributed by atoms with E-state index in [-0.39, 0.29) is 0 Å². The normalized spacial score (nSPS) is 19.7. The molecule has 24 heavy (non-hydrogen) atoms. The van der Waals surface area contributed by atoms with Gasteiger partial charge in [-0.15, -0.1) is 11.3 Å². The van der Waals surface area contributed by atoms with Crippen LogP contribution in [0.15, 0.2) is 0 Å². The quantitative estimate of drug-likeness (QED) is 0.813. The molecule has 0 bridgehead atoms. The summed E-state index contributed by atoms with van der Waals surface area (Å²) in [6.45, 7) is 4.57. The minimum absolute atomic E-state index is 0.524. The Morgan fingerprint density at radius 2 is 1.88 bits per heavy atom. The Hall–Kier alpha value is -1.25. The van der Waals surface area contributed by atoms with E-state index in [0.29, 0.717) is 19.6 Å². The molecule has 0 N–H and O–H groups in total. The number of nitrogens with zero attached hydrogens (tertiary/aromatic N) is 4. The zero-order chi connectivity index (χ0) is 16.9. The number of aryl methyl sites for hydroxylation is 3. The first-order valence-electron chi connectivity index (χ1n) is 8.42. The van der Waals surface area contributed by atoms with Crippen molar-refractivity contribution < 1.29 is 8.42 Å². The van der Waals surface area contributed by atoms with Crippen LogP contribution in [-0.2, 0) is 22.9 Å². The lowest BCUT2D eigenvalue weighted by Gasteiger charge is -2.23. The molecular formula is C16H22N4O2S2. The molecule has 0 amide bonds. The first-order chi connectivity index (χ1) is 11.4. The fourth-order valence-electron chi connectivity index (χ4n) is 3.75. The van der Waals surface area contributed by atoms with Gasteiger partial charge in [0.25, 0.3) is 0 Å². The summed E-state index contributed by atoms with van der Waals surface area (Å²) in [6.07, 6.45) is 5.59. The van der Waals surface area contributed by atoms with Crippen molar-refractivity contribution in [1.29, 1.82) is 0 Å². The van der Waals surface area contributed by atoms with Crippen molar-refractivity contribution in [3.8, 4) is 0 Å². The Morgan fingerprint density at radius 3 is 2.67 bits per heavy atom. The minimum Gasteiger partial charge on any atom is -0.355 e. The van der Waals surface area contributed by atoms with Gasteiger partial charge in [-0.3, -0.25) is 0 Å². The SMILES string of the molecule is Cc1nc(N2CCCN(S(C)(=O)=O)CC2)c2c3c(sc2n1)CCC3. The van der Waals surface area contributed by atoms with Crippen molar-refractivity contribution in [2.24, 2.45) is 0 Å². The molecule has 2 aromatic heterocycles. The second-order valence-electron chi connectivity index (χ2n) is 6.63. The average Bonchev–Trinajstić information content (AvgIpc) is 2.96. The summed E-state index contributed by atoms with van der Waals surface area (Å²) < 4.78 is 25.3. The van der Waals surface area contributed by atoms with Gasteiger partial charge in [-0.25, -0.2) is 22.7 Å². The van der Waals surface area contributed by atoms with Crippen LogP contribution in [0.2, 0.25) is 0 Å². The van der Waals surface area contributed by atoms with Gasteiger partial charge < -0.3 is 4.90 Å². The largest absolute Gasteiger partial charge is 0.355 e. The molecule has 2 aliphatic rings. The van der Waals surface area contributed by atoms with Crippen LogP contribution in [0.1, 0.15) is 29.1 Å². The molecule has 1 aliphatic carbocycles. The average molecular weight is 367 g/mol. The monoisotopic (exact) mass is 366 g/mol. The molecule has 1 aliphatic heterocycles. The summed E-state index contributed by atoms with van der Waals surface area (Å²) >= 11 is 1.80. The molecular weight excluding hydrogens is 344 g/mol. The molecule has 3 heterocycles. The van der Waals surface area contributed by atoms with Crippen LogP contribution in [-0.4, -0.2) is 55.1 Å². The third-order valence-electron chi connectivity index (χ3n) is 4.88. The molecule has 0 aromatic carbocycles. The summed E-state index contributed by atoms with van der Waals surface area (Å²) in [5, 5.41) is 1.21. The molecule has 4 rings (SSSR count). The van der Waals surface area contributed by atoms with Gasteiger partial charge in [0, 0.05) is 31.1 Å². The third-order valence-corrected chi connectivity index (χ3v) is 7.37. The summed E-state index contributed by atoms with van der Waals surface area (Å²) in [7, 11) is -3.13. The van der Waals surface area contributed by atoms with E-state index in [1.54, 1.807) is 15.6 Å². The second kappa shape index (κ2) is 5.93. The number of hydrogen-bond acceptors (Lipinski definition) is 6. The van der Waals surface area contributed by atoms with Crippen molar-refractivity contribution >= 4 is 37.4 Å². The zero-order valence-electron chi connectivity index (χ0n) is 14.1. The number of sulfonamides is 1. The van der Waals surface area contributed by atoms with Crippen molar-refractivity contribution in [2.45, 2.75) is 32.6 Å². The Kier molecular flexibility index (Phi) is 4.01. The van der Waals surface area contributed by atoms with E-state index in [1.807, 2.05) is 6.92 Å². The van der Waals surface area contributed by atoms with Crippen molar-refractivity contribution in [3.63, 3.8) is 0 Å². The Labute approximate surface area is 146 Å². The standard InChI is InChI=1S/C16H22N4O2S2/c1-11-17-15(14-12-5-3-6-13(12)23-16(14)18-11)19-7-4-8-20(10-9-19)24(2,21)22/h3-10H2,1-2H3. The molecule has 1 saturated heterocycles. The lowest BCUT2D eigenvalue weighted by Crippen LogP contribution is -2.34. The first kappa shape index (κ1) is 16.2. The van der Waals surface area contributed by atoms with Gasteiger partial charge in [0.15, 0.2) is 0 Å². The lowest BCUT2D eigenvalue weighted by molar-refractivity contribution is 0.437. The predicted molar refractivity (Wildman–Crippen MR) is 97.4 cm³/mol. The molecule has 8 heteroatoms. The number of fused-ring (bicyclic) bond motifs is 3. The second-order valence-corrected chi connectivity index (χ2v) is 9.70. The first-order valence-corrected chi connectivity index (χ1v) is 11.1. The fraction of sp³-hybridized carbons (Fsp3) is 0.625. The maximum atomic E-state index is 11.8. The Morgan fingerprint density at radius 1 is 1.04 bits per heavy atom. The molecule has 1 fully saturated rings. The van der Waals surface area contributed by atoms with Crippen LogP contribution >= 0.6 is 11.3 Å². The van der Waals surface area contributed by atoms with Gasteiger partial charge in [-0.05, 0) is 38.2 Å². The lowest BCUT2D eigenvalue weighted by atomic mass is 10.1. The Balaban J connectivity index is 1.74. The fourth-order valence-corrected chi connectivity index (χ4v) is 5.92. The highest BCUT2D eigenvalue weighted by Gasteiger charge is 2.27. The van der Waals surface area contributed by atoms with E-state index >= 15 is 0 Å². The molecule has 2 aromatic rings. The molecule has 130 valence electrons. The van der Waals surface area contributed by atoms with E-state index in [1.165, 1.54) is 28.5 Å². The minimum atomic E-state index is -3.13. The number of hydrogen-bond donors (Lipinski definition) is 0. The van der Waals surface area contributed by atoms with E-state index in [4.69, 9.17) is 4.98 Å². The summed E-state index contributed by atoms with van der Waals surface area (Å²) in [6, 6.07) is 0. The van der Waals surface area contributed by atoms with Crippen LogP contribution in [0.5, 0.6) is 0 Å². The third kappa shape index (κ3) is 2.80. The van der Waals surface area contributed by atoms with Gasteiger partial charge in [-0.1, -0.05) is 0 Å². The van der Waals surface area contributed by atoms with E-state index in [0.717, 1.165) is 42.3 Å². The van der Waals surface area contributed by atoms with E-state index in [9.17, 15) is 8.42 Å². The summed E-state index contributed by atoms with van der Waals surface area (Å²) in [5.41, 5.74) is 1.43. The molecule has 0 radical (unpaired) electrons. The molecule has 0 spiro atoms. The maximum Gasteiger partial charge on any atom is 0.211 e. The maximum absolute atomic E-state index is 11.8. The highest BCUT2D eigenvalue weighted by molar-refractivity contribution is 7.88. The summed E-state index contributed by atoms with van der Waals surface area (Å²) in [4.78, 5) is 14.2. The molecule has 0 unspecified atom stereocenters.